The zero-order valence-electron chi connectivity index (χ0n) is 14.1. The molecule has 0 fully saturated rings. The minimum Gasteiger partial charge on any atom is -0.506 e. The third-order valence-electron chi connectivity index (χ3n) is 4.27. The lowest BCUT2D eigenvalue weighted by Gasteiger charge is -2.11. The van der Waals surface area contributed by atoms with Crippen LogP contribution in [0, 0.1) is 5.82 Å². The summed E-state index contributed by atoms with van der Waals surface area (Å²) in [5.41, 5.74) is 0.131. The average molecular weight is 386 g/mol. The van der Waals surface area contributed by atoms with Gasteiger partial charge in [-0.3, -0.25) is 4.79 Å². The molecule has 0 saturated carbocycles. The van der Waals surface area contributed by atoms with Gasteiger partial charge in [0.2, 0.25) is 5.82 Å². The second-order valence-corrected chi connectivity index (χ2v) is 6.24. The van der Waals surface area contributed by atoms with E-state index in [9.17, 15) is 14.3 Å². The lowest BCUT2D eigenvalue weighted by molar-refractivity contribution is 0.425. The number of aromatic nitrogens is 3. The third-order valence-corrected chi connectivity index (χ3v) is 4.60. The van der Waals surface area contributed by atoms with Crippen LogP contribution in [0.4, 0.5) is 4.39 Å². The molecule has 0 bridgehead atoms. The molecule has 1 N–H and O–H groups in total. The Morgan fingerprint density at radius 2 is 2.04 bits per heavy atom. The van der Waals surface area contributed by atoms with Crippen molar-refractivity contribution in [2.45, 2.75) is 13.5 Å². The van der Waals surface area contributed by atoms with Gasteiger partial charge in [0, 0.05) is 17.5 Å². The maximum Gasteiger partial charge on any atom is 0.267 e. The fourth-order valence-corrected chi connectivity index (χ4v) is 3.21. The summed E-state index contributed by atoms with van der Waals surface area (Å²) in [5.74, 6) is -0.790. The van der Waals surface area contributed by atoms with Crippen LogP contribution >= 0.6 is 11.6 Å². The molecule has 0 aliphatic heterocycles. The highest BCUT2D eigenvalue weighted by atomic mass is 35.5. The lowest BCUT2D eigenvalue weighted by atomic mass is 10.1. The lowest BCUT2D eigenvalue weighted by Crippen LogP contribution is -2.21. The van der Waals surface area contributed by atoms with Gasteiger partial charge in [-0.05, 0) is 37.3 Å². The zero-order chi connectivity index (χ0) is 19.1. The standard InChI is InChI=1S/C19H13ClFN3O3/c1-2-24-14-9-10(21)7-8-12(14)16(25)15(19(24)26)18-22-17(23-27-18)11-5-3-4-6-13(11)20/h3-9,25H,2H2,1H3. The molecule has 4 rings (SSSR count). The Morgan fingerprint density at radius 1 is 1.26 bits per heavy atom. The normalized spacial score (nSPS) is 11.2. The predicted molar refractivity (Wildman–Crippen MR) is 99.2 cm³/mol. The maximum atomic E-state index is 13.6. The minimum atomic E-state index is -0.553. The van der Waals surface area contributed by atoms with Gasteiger partial charge in [-0.25, -0.2) is 4.39 Å². The molecule has 136 valence electrons. The number of benzene rings is 2. The monoisotopic (exact) mass is 385 g/mol. The van der Waals surface area contributed by atoms with Crippen molar-refractivity contribution in [1.82, 2.24) is 14.7 Å². The van der Waals surface area contributed by atoms with Crippen LogP contribution in [0.5, 0.6) is 5.75 Å². The van der Waals surface area contributed by atoms with Crippen LogP contribution in [0.25, 0.3) is 33.7 Å². The Balaban J connectivity index is 1.97. The highest BCUT2D eigenvalue weighted by Crippen LogP contribution is 2.34. The predicted octanol–water partition coefficient (Wildman–Crippen LogP) is 4.24. The minimum absolute atomic E-state index is 0.137. The number of halogens is 2. The van der Waals surface area contributed by atoms with Crippen LogP contribution in [0.3, 0.4) is 0 Å². The molecule has 2 aromatic heterocycles. The molecule has 0 aliphatic carbocycles. The molecule has 4 aromatic rings. The number of pyridine rings is 1. The van der Waals surface area contributed by atoms with E-state index in [1.54, 1.807) is 31.2 Å². The van der Waals surface area contributed by atoms with E-state index < -0.39 is 11.4 Å². The molecule has 2 heterocycles. The number of fused-ring (bicyclic) bond motifs is 1. The first-order valence-corrected chi connectivity index (χ1v) is 8.53. The summed E-state index contributed by atoms with van der Waals surface area (Å²) in [4.78, 5) is 17.1. The maximum absolute atomic E-state index is 13.6. The summed E-state index contributed by atoms with van der Waals surface area (Å²) >= 11 is 6.14. The zero-order valence-corrected chi connectivity index (χ0v) is 14.9. The Kier molecular flexibility index (Phi) is 4.16. The Morgan fingerprint density at radius 3 is 2.78 bits per heavy atom. The molecular weight excluding hydrogens is 373 g/mol. The van der Waals surface area contributed by atoms with Gasteiger partial charge in [0.25, 0.3) is 11.4 Å². The van der Waals surface area contributed by atoms with Crippen molar-refractivity contribution in [3.05, 3.63) is 63.7 Å². The summed E-state index contributed by atoms with van der Waals surface area (Å²) in [5, 5.41) is 15.2. The van der Waals surface area contributed by atoms with E-state index in [0.29, 0.717) is 16.0 Å². The number of nitrogens with zero attached hydrogens (tertiary/aromatic N) is 3. The molecule has 27 heavy (non-hydrogen) atoms. The SMILES string of the molecule is CCn1c(=O)c(-c2nc(-c3ccccc3Cl)no2)c(O)c2ccc(F)cc21. The number of aromatic hydroxyl groups is 1. The van der Waals surface area contributed by atoms with Crippen molar-refractivity contribution in [1.29, 1.82) is 0 Å². The Bertz CT molecular complexity index is 1230. The number of rotatable bonds is 3. The van der Waals surface area contributed by atoms with E-state index in [0.717, 1.165) is 0 Å². The molecule has 0 unspecified atom stereocenters. The van der Waals surface area contributed by atoms with E-state index in [2.05, 4.69) is 10.1 Å². The fourth-order valence-electron chi connectivity index (χ4n) is 2.99. The van der Waals surface area contributed by atoms with Crippen molar-refractivity contribution in [2.75, 3.05) is 0 Å². The molecular formula is C19H13ClFN3O3. The molecule has 0 aliphatic rings. The van der Waals surface area contributed by atoms with E-state index >= 15 is 0 Å². The highest BCUT2D eigenvalue weighted by molar-refractivity contribution is 6.33. The highest BCUT2D eigenvalue weighted by Gasteiger charge is 2.23. The third kappa shape index (κ3) is 2.76. The first-order chi connectivity index (χ1) is 13.0. The van der Waals surface area contributed by atoms with Gasteiger partial charge in [-0.15, -0.1) is 0 Å². The smallest absolute Gasteiger partial charge is 0.267 e. The van der Waals surface area contributed by atoms with Crippen LogP contribution in [-0.4, -0.2) is 19.8 Å². The number of aryl methyl sites for hydroxylation is 1. The fraction of sp³-hybridized carbons (Fsp3) is 0.105. The topological polar surface area (TPSA) is 81.2 Å². The van der Waals surface area contributed by atoms with Gasteiger partial charge >= 0.3 is 0 Å². The van der Waals surface area contributed by atoms with Crippen LogP contribution < -0.4 is 5.56 Å². The van der Waals surface area contributed by atoms with Crippen LogP contribution in [0.2, 0.25) is 5.02 Å². The quantitative estimate of drug-likeness (QED) is 0.570. The second kappa shape index (κ2) is 6.51. The summed E-state index contributed by atoms with van der Waals surface area (Å²) < 4.78 is 20.2. The van der Waals surface area contributed by atoms with Gasteiger partial charge in [-0.2, -0.15) is 4.98 Å². The van der Waals surface area contributed by atoms with Crippen LogP contribution in [0.1, 0.15) is 6.92 Å². The van der Waals surface area contributed by atoms with Crippen molar-refractivity contribution in [3.63, 3.8) is 0 Å². The summed E-state index contributed by atoms with van der Waals surface area (Å²) in [6.45, 7) is 2.02. The Labute approximate surface area is 157 Å². The van der Waals surface area contributed by atoms with E-state index in [1.165, 1.54) is 22.8 Å². The summed E-state index contributed by atoms with van der Waals surface area (Å²) in [6.07, 6.45) is 0. The molecule has 8 heteroatoms. The second-order valence-electron chi connectivity index (χ2n) is 5.84. The first-order valence-electron chi connectivity index (χ1n) is 8.15. The van der Waals surface area contributed by atoms with Gasteiger partial charge in [0.05, 0.1) is 10.5 Å². The molecule has 2 aromatic carbocycles. The Hall–Kier alpha value is -3.19. The molecule has 0 atom stereocenters. The van der Waals surface area contributed by atoms with Crippen molar-refractivity contribution >= 4 is 22.5 Å². The first kappa shape index (κ1) is 17.2. The van der Waals surface area contributed by atoms with Crippen molar-refractivity contribution in [2.24, 2.45) is 0 Å². The van der Waals surface area contributed by atoms with Gasteiger partial charge < -0.3 is 14.2 Å². The summed E-state index contributed by atoms with van der Waals surface area (Å²) in [7, 11) is 0. The molecule has 0 spiro atoms. The van der Waals surface area contributed by atoms with E-state index in [4.69, 9.17) is 16.1 Å². The van der Waals surface area contributed by atoms with Gasteiger partial charge in [0.1, 0.15) is 17.1 Å². The van der Waals surface area contributed by atoms with E-state index in [1.807, 2.05) is 0 Å². The summed E-state index contributed by atoms with van der Waals surface area (Å²) in [6, 6.07) is 10.7. The molecule has 6 nitrogen and oxygen atoms in total. The number of hydrogen-bond acceptors (Lipinski definition) is 5. The van der Waals surface area contributed by atoms with Gasteiger partial charge in [0.15, 0.2) is 0 Å². The number of hydrogen-bond donors (Lipinski definition) is 1. The molecule has 0 radical (unpaired) electrons. The van der Waals surface area contributed by atoms with Gasteiger partial charge in [-0.1, -0.05) is 28.9 Å². The van der Waals surface area contributed by atoms with Crippen LogP contribution in [-0.2, 0) is 6.54 Å². The largest absolute Gasteiger partial charge is 0.506 e. The average Bonchev–Trinajstić information content (AvgIpc) is 3.12. The molecule has 0 saturated heterocycles. The molecule has 0 amide bonds. The van der Waals surface area contributed by atoms with Crippen LogP contribution in [0.15, 0.2) is 51.8 Å². The van der Waals surface area contributed by atoms with Crippen molar-refractivity contribution in [3.8, 4) is 28.6 Å². The van der Waals surface area contributed by atoms with E-state index in [-0.39, 0.29) is 35.1 Å². The van der Waals surface area contributed by atoms with Crippen molar-refractivity contribution < 1.29 is 14.0 Å².